The molecule has 1 saturated heterocycles. The van der Waals surface area contributed by atoms with Gasteiger partial charge >= 0.3 is 0 Å². The van der Waals surface area contributed by atoms with Crippen LogP contribution in [0.15, 0.2) is 48.5 Å². The van der Waals surface area contributed by atoms with Crippen molar-refractivity contribution in [3.05, 3.63) is 64.9 Å². The average Bonchev–Trinajstić information content (AvgIpc) is 3.10. The van der Waals surface area contributed by atoms with Gasteiger partial charge in [0.2, 0.25) is 5.91 Å². The van der Waals surface area contributed by atoms with Gasteiger partial charge in [-0.2, -0.15) is 0 Å². The van der Waals surface area contributed by atoms with E-state index in [1.165, 1.54) is 0 Å². The Bertz CT molecular complexity index is 991. The fourth-order valence-electron chi connectivity index (χ4n) is 4.00. The van der Waals surface area contributed by atoms with Crippen LogP contribution in [0.2, 0.25) is 5.02 Å². The van der Waals surface area contributed by atoms with Gasteiger partial charge in [-0.15, -0.1) is 0 Å². The number of aromatic nitrogens is 2. The van der Waals surface area contributed by atoms with Crippen molar-refractivity contribution in [2.45, 2.75) is 26.3 Å². The topological polar surface area (TPSA) is 41.4 Å². The number of imidazole rings is 1. The maximum atomic E-state index is 12.8. The maximum absolute atomic E-state index is 12.8. The number of fused-ring (bicyclic) bond motifs is 1. The van der Waals surface area contributed by atoms with Crippen molar-refractivity contribution >= 4 is 28.5 Å². The number of likely N-dealkylation sites (N-methyl/N-ethyl adjacent to an activating group) is 1. The molecule has 0 N–H and O–H groups in total. The summed E-state index contributed by atoms with van der Waals surface area (Å²) in [5.41, 5.74) is 3.07. The van der Waals surface area contributed by atoms with Gasteiger partial charge in [0.25, 0.3) is 0 Å². The van der Waals surface area contributed by atoms with Crippen LogP contribution in [0.5, 0.6) is 0 Å². The number of para-hydroxylation sites is 2. The van der Waals surface area contributed by atoms with Crippen molar-refractivity contribution < 1.29 is 4.79 Å². The summed E-state index contributed by atoms with van der Waals surface area (Å²) in [7, 11) is 0. The molecular formula is C23H27ClN4O. The molecule has 0 unspecified atom stereocenters. The third-order valence-corrected chi connectivity index (χ3v) is 6.13. The van der Waals surface area contributed by atoms with Crippen LogP contribution in [0.4, 0.5) is 0 Å². The number of hydrogen-bond acceptors (Lipinski definition) is 3. The van der Waals surface area contributed by atoms with E-state index in [4.69, 9.17) is 16.6 Å². The first kappa shape index (κ1) is 19.9. The lowest BCUT2D eigenvalue weighted by molar-refractivity contribution is -0.133. The molecule has 0 spiro atoms. The number of rotatable bonds is 6. The second kappa shape index (κ2) is 8.97. The molecule has 2 aromatic carbocycles. The third-order valence-electron chi connectivity index (χ3n) is 5.76. The zero-order valence-electron chi connectivity index (χ0n) is 16.9. The molecule has 0 bridgehead atoms. The second-order valence-corrected chi connectivity index (χ2v) is 7.91. The summed E-state index contributed by atoms with van der Waals surface area (Å²) in [4.78, 5) is 22.0. The van der Waals surface area contributed by atoms with E-state index in [2.05, 4.69) is 22.5 Å². The number of nitrogens with zero attached hydrogens (tertiary/aromatic N) is 4. The minimum atomic E-state index is 0.224. The zero-order chi connectivity index (χ0) is 20.2. The summed E-state index contributed by atoms with van der Waals surface area (Å²) >= 11 is 6.38. The van der Waals surface area contributed by atoms with Gasteiger partial charge in [0.15, 0.2) is 0 Å². The van der Waals surface area contributed by atoms with Crippen LogP contribution < -0.4 is 0 Å². The summed E-state index contributed by atoms with van der Waals surface area (Å²) in [5.74, 6) is 1.17. The molecule has 1 amide bonds. The van der Waals surface area contributed by atoms with E-state index >= 15 is 0 Å². The number of benzene rings is 2. The van der Waals surface area contributed by atoms with Crippen molar-refractivity contribution in [2.24, 2.45) is 0 Å². The number of aryl methyl sites for hydroxylation is 1. The number of piperazine rings is 1. The van der Waals surface area contributed by atoms with E-state index < -0.39 is 0 Å². The normalized spacial score (nSPS) is 15.2. The van der Waals surface area contributed by atoms with E-state index in [0.717, 1.165) is 60.2 Å². The molecule has 1 aromatic heterocycles. The molecule has 6 heteroatoms. The van der Waals surface area contributed by atoms with Crippen LogP contribution in [0.3, 0.4) is 0 Å². The van der Waals surface area contributed by atoms with E-state index in [0.29, 0.717) is 19.4 Å². The predicted octanol–water partition coefficient (Wildman–Crippen LogP) is 3.83. The van der Waals surface area contributed by atoms with Gasteiger partial charge in [0, 0.05) is 50.6 Å². The first-order valence-corrected chi connectivity index (χ1v) is 10.7. The highest BCUT2D eigenvalue weighted by Gasteiger charge is 2.21. The largest absolute Gasteiger partial charge is 0.340 e. The number of halogens is 1. The van der Waals surface area contributed by atoms with Gasteiger partial charge in [0.05, 0.1) is 11.0 Å². The minimum Gasteiger partial charge on any atom is -0.340 e. The Kier molecular flexibility index (Phi) is 6.16. The average molecular weight is 411 g/mol. The Morgan fingerprint density at radius 3 is 2.52 bits per heavy atom. The van der Waals surface area contributed by atoms with Gasteiger partial charge < -0.3 is 14.4 Å². The maximum Gasteiger partial charge on any atom is 0.224 e. The molecule has 2 heterocycles. The molecule has 152 valence electrons. The van der Waals surface area contributed by atoms with E-state index in [-0.39, 0.29) is 5.91 Å². The highest BCUT2D eigenvalue weighted by atomic mass is 35.5. The fourth-order valence-corrected chi connectivity index (χ4v) is 4.20. The summed E-state index contributed by atoms with van der Waals surface area (Å²) < 4.78 is 2.18. The Hall–Kier alpha value is -2.37. The second-order valence-electron chi connectivity index (χ2n) is 7.50. The molecule has 0 radical (unpaired) electrons. The molecule has 5 nitrogen and oxygen atoms in total. The lowest BCUT2D eigenvalue weighted by Gasteiger charge is -2.34. The van der Waals surface area contributed by atoms with Gasteiger partial charge in [-0.1, -0.05) is 48.9 Å². The molecular weight excluding hydrogens is 384 g/mol. The first-order valence-electron chi connectivity index (χ1n) is 10.3. The molecule has 0 saturated carbocycles. The van der Waals surface area contributed by atoms with Crippen LogP contribution in [0.25, 0.3) is 11.0 Å². The molecule has 29 heavy (non-hydrogen) atoms. The van der Waals surface area contributed by atoms with Gasteiger partial charge in [-0.25, -0.2) is 4.98 Å². The number of amides is 1. The molecule has 1 aliphatic heterocycles. The quantitative estimate of drug-likeness (QED) is 0.620. The SMILES string of the molecule is CCN1CCN(C(=O)CCn2c(Cc3ccccc3Cl)nc3ccccc32)CC1. The Labute approximate surface area is 176 Å². The predicted molar refractivity (Wildman–Crippen MR) is 117 cm³/mol. The highest BCUT2D eigenvalue weighted by Crippen LogP contribution is 2.23. The Morgan fingerprint density at radius 2 is 1.76 bits per heavy atom. The van der Waals surface area contributed by atoms with Crippen molar-refractivity contribution in [3.63, 3.8) is 0 Å². The summed E-state index contributed by atoms with van der Waals surface area (Å²) in [5, 5.41) is 0.746. The van der Waals surface area contributed by atoms with Crippen molar-refractivity contribution in [2.75, 3.05) is 32.7 Å². The molecule has 4 rings (SSSR count). The molecule has 1 fully saturated rings. The lowest BCUT2D eigenvalue weighted by atomic mass is 10.1. The van der Waals surface area contributed by atoms with Crippen molar-refractivity contribution in [3.8, 4) is 0 Å². The van der Waals surface area contributed by atoms with Crippen molar-refractivity contribution in [1.82, 2.24) is 19.4 Å². The first-order chi connectivity index (χ1) is 14.2. The van der Waals surface area contributed by atoms with Crippen LogP contribution >= 0.6 is 11.6 Å². The zero-order valence-corrected chi connectivity index (χ0v) is 17.6. The van der Waals surface area contributed by atoms with E-state index in [1.54, 1.807) is 0 Å². The standard InChI is InChI=1S/C23H27ClN4O/c1-2-26-13-15-27(16-14-26)23(29)11-12-28-21-10-6-5-9-20(21)25-22(28)17-18-7-3-4-8-19(18)24/h3-10H,2,11-17H2,1H3. The molecule has 0 atom stereocenters. The monoisotopic (exact) mass is 410 g/mol. The summed E-state index contributed by atoms with van der Waals surface area (Å²) in [6.07, 6.45) is 1.14. The number of carbonyl (C=O) groups is 1. The molecule has 1 aliphatic rings. The summed E-state index contributed by atoms with van der Waals surface area (Å²) in [6.45, 7) is 7.43. The molecule has 0 aliphatic carbocycles. The van der Waals surface area contributed by atoms with Crippen LogP contribution in [-0.2, 0) is 17.8 Å². The minimum absolute atomic E-state index is 0.224. The molecule has 3 aromatic rings. The highest BCUT2D eigenvalue weighted by molar-refractivity contribution is 6.31. The lowest BCUT2D eigenvalue weighted by Crippen LogP contribution is -2.48. The Balaban J connectivity index is 1.52. The number of hydrogen-bond donors (Lipinski definition) is 0. The van der Waals surface area contributed by atoms with Crippen LogP contribution in [0, 0.1) is 0 Å². The van der Waals surface area contributed by atoms with Crippen LogP contribution in [0.1, 0.15) is 24.7 Å². The van der Waals surface area contributed by atoms with Gasteiger partial charge in [-0.3, -0.25) is 4.79 Å². The Morgan fingerprint density at radius 1 is 1.03 bits per heavy atom. The fraction of sp³-hybridized carbons (Fsp3) is 0.391. The van der Waals surface area contributed by atoms with Gasteiger partial charge in [0.1, 0.15) is 5.82 Å². The summed E-state index contributed by atoms with van der Waals surface area (Å²) in [6, 6.07) is 16.0. The van der Waals surface area contributed by atoms with Crippen molar-refractivity contribution in [1.29, 1.82) is 0 Å². The number of carbonyl (C=O) groups excluding carboxylic acids is 1. The van der Waals surface area contributed by atoms with E-state index in [1.807, 2.05) is 47.4 Å². The smallest absolute Gasteiger partial charge is 0.224 e. The van der Waals surface area contributed by atoms with Crippen LogP contribution in [-0.4, -0.2) is 58.0 Å². The van der Waals surface area contributed by atoms with E-state index in [9.17, 15) is 4.79 Å². The third kappa shape index (κ3) is 4.46. The van der Waals surface area contributed by atoms with Gasteiger partial charge in [-0.05, 0) is 30.3 Å².